The van der Waals surface area contributed by atoms with Gasteiger partial charge in [-0.3, -0.25) is 9.20 Å². The molecule has 0 aliphatic heterocycles. The molecule has 0 saturated heterocycles. The zero-order valence-electron chi connectivity index (χ0n) is 20.0. The molecule has 38 heavy (non-hydrogen) atoms. The molecule has 190 valence electrons. The first kappa shape index (κ1) is 24.1. The molecule has 9 nitrogen and oxygen atoms in total. The van der Waals surface area contributed by atoms with E-state index in [-0.39, 0.29) is 17.0 Å². The van der Waals surface area contributed by atoms with Crippen LogP contribution in [-0.2, 0) is 0 Å². The minimum absolute atomic E-state index is 0.120. The Bertz CT molecular complexity index is 1920. The third-order valence-corrected chi connectivity index (χ3v) is 8.10. The molecule has 0 aliphatic carbocycles. The molecule has 0 amide bonds. The number of thioether (sulfide) groups is 1. The molecule has 0 bridgehead atoms. The lowest BCUT2D eigenvalue weighted by Crippen LogP contribution is -2.23. The van der Waals surface area contributed by atoms with Crippen molar-refractivity contribution in [1.29, 1.82) is 0 Å². The lowest BCUT2D eigenvalue weighted by molar-refractivity contribution is 0.566. The van der Waals surface area contributed by atoms with Crippen molar-refractivity contribution in [2.24, 2.45) is 0 Å². The lowest BCUT2D eigenvalue weighted by atomic mass is 10.0. The molecule has 2 N–H and O–H groups in total. The van der Waals surface area contributed by atoms with E-state index in [0.29, 0.717) is 28.0 Å². The summed E-state index contributed by atoms with van der Waals surface area (Å²) >= 11 is 2.97. The summed E-state index contributed by atoms with van der Waals surface area (Å²) in [4.78, 5) is 32.2. The lowest BCUT2D eigenvalue weighted by Gasteiger charge is -2.18. The average Bonchev–Trinajstić information content (AvgIpc) is 3.54. The van der Waals surface area contributed by atoms with Crippen LogP contribution in [0.2, 0.25) is 0 Å². The number of fused-ring (bicyclic) bond motifs is 2. The number of pyridine rings is 1. The number of hydrogen-bond acceptors (Lipinski definition) is 9. The van der Waals surface area contributed by atoms with Gasteiger partial charge in [-0.15, -0.1) is 11.3 Å². The molecule has 0 spiro atoms. The largest absolute Gasteiger partial charge is 0.383 e. The van der Waals surface area contributed by atoms with Gasteiger partial charge in [0.05, 0.1) is 27.6 Å². The quantitative estimate of drug-likeness (QED) is 0.305. The van der Waals surface area contributed by atoms with Crippen molar-refractivity contribution < 1.29 is 8.78 Å². The van der Waals surface area contributed by atoms with Gasteiger partial charge < -0.3 is 5.73 Å². The second-order valence-corrected chi connectivity index (χ2v) is 10.5. The second-order valence-electron chi connectivity index (χ2n) is 8.38. The first-order valence-electron chi connectivity index (χ1n) is 11.3. The zero-order valence-corrected chi connectivity index (χ0v) is 21.6. The highest BCUT2D eigenvalue weighted by molar-refractivity contribution is 8.00. The van der Waals surface area contributed by atoms with Gasteiger partial charge in [0.2, 0.25) is 0 Å². The van der Waals surface area contributed by atoms with E-state index >= 15 is 0 Å². The number of thiazole rings is 1. The van der Waals surface area contributed by atoms with E-state index in [2.05, 4.69) is 15.0 Å². The Balaban J connectivity index is 1.64. The summed E-state index contributed by atoms with van der Waals surface area (Å²) in [6.07, 6.45) is 6.05. The Hall–Kier alpha value is -4.23. The number of anilines is 1. The fourth-order valence-electron chi connectivity index (χ4n) is 4.36. The Kier molecular flexibility index (Phi) is 5.88. The van der Waals surface area contributed by atoms with Gasteiger partial charge in [0.15, 0.2) is 5.65 Å². The number of aromatic nitrogens is 7. The molecule has 0 radical (unpaired) electrons. The number of nitrogens with two attached hydrogens (primary N) is 1. The fraction of sp³-hybridized carbons (Fsp3) is 0.120. The predicted octanol–water partition coefficient (Wildman–Crippen LogP) is 4.82. The average molecular weight is 549 g/mol. The topological polar surface area (TPSA) is 117 Å². The molecule has 5 aromatic heterocycles. The highest BCUT2D eigenvalue weighted by Crippen LogP contribution is 2.38. The summed E-state index contributed by atoms with van der Waals surface area (Å²) < 4.78 is 31.9. The highest BCUT2D eigenvalue weighted by Gasteiger charge is 2.27. The van der Waals surface area contributed by atoms with Gasteiger partial charge in [-0.1, -0.05) is 23.9 Å². The van der Waals surface area contributed by atoms with E-state index in [1.165, 1.54) is 59.8 Å². The molecular formula is C25H18F2N8OS2. The van der Waals surface area contributed by atoms with Gasteiger partial charge in [-0.2, -0.15) is 5.10 Å². The van der Waals surface area contributed by atoms with Gasteiger partial charge in [-0.25, -0.2) is 33.4 Å². The van der Waals surface area contributed by atoms with Crippen LogP contribution in [0.5, 0.6) is 0 Å². The maximum atomic E-state index is 14.2. The molecule has 6 rings (SSSR count). The summed E-state index contributed by atoms with van der Waals surface area (Å²) in [6, 6.07) is 7.61. The zero-order chi connectivity index (χ0) is 26.6. The monoisotopic (exact) mass is 548 g/mol. The summed E-state index contributed by atoms with van der Waals surface area (Å²) in [7, 11) is 0. The Morgan fingerprint density at radius 2 is 1.95 bits per heavy atom. The molecule has 1 aromatic carbocycles. The molecule has 5 heterocycles. The predicted molar refractivity (Wildman–Crippen MR) is 143 cm³/mol. The minimum Gasteiger partial charge on any atom is -0.383 e. The van der Waals surface area contributed by atoms with E-state index in [4.69, 9.17) is 15.8 Å². The van der Waals surface area contributed by atoms with Crippen LogP contribution >= 0.6 is 23.1 Å². The Morgan fingerprint density at radius 1 is 1.11 bits per heavy atom. The highest BCUT2D eigenvalue weighted by atomic mass is 32.2. The molecule has 1 unspecified atom stereocenters. The van der Waals surface area contributed by atoms with Crippen molar-refractivity contribution in [3.63, 3.8) is 0 Å². The first-order chi connectivity index (χ1) is 18.4. The minimum atomic E-state index is -0.658. The third kappa shape index (κ3) is 3.90. The van der Waals surface area contributed by atoms with Crippen LogP contribution in [0.1, 0.15) is 18.7 Å². The summed E-state index contributed by atoms with van der Waals surface area (Å²) in [5.41, 5.74) is 7.68. The number of halogens is 2. The van der Waals surface area contributed by atoms with Crippen molar-refractivity contribution >= 4 is 45.6 Å². The summed E-state index contributed by atoms with van der Waals surface area (Å²) in [5.74, 6) is -0.877. The van der Waals surface area contributed by atoms with Crippen LogP contribution in [0.15, 0.2) is 64.3 Å². The number of benzene rings is 1. The molecule has 0 saturated carbocycles. The van der Waals surface area contributed by atoms with E-state index in [1.807, 2.05) is 6.26 Å². The van der Waals surface area contributed by atoms with Crippen LogP contribution in [0.3, 0.4) is 0 Å². The fourth-order valence-corrected chi connectivity index (χ4v) is 5.76. The van der Waals surface area contributed by atoms with E-state index in [1.54, 1.807) is 23.9 Å². The van der Waals surface area contributed by atoms with Gasteiger partial charge in [0.1, 0.15) is 39.5 Å². The Labute approximate surface area is 222 Å². The molecule has 0 fully saturated rings. The standard InChI is InChI=1S/C25H18F2N8OS2/c1-12(35-23-19(22(28)30-11-31-23)21(33-35)16-9-29-25(37-2)38-16)20-18(13-4-3-5-14(26)8-13)24(36)34-10-15(27)6-7-17(34)32-20/h3-12H,1-2H3,(H2,28,30,31). The van der Waals surface area contributed by atoms with Crippen LogP contribution in [0.25, 0.3) is 38.4 Å². The molecule has 6 aromatic rings. The summed E-state index contributed by atoms with van der Waals surface area (Å²) in [6.45, 7) is 1.80. The smallest absolute Gasteiger partial charge is 0.266 e. The molecule has 0 aliphatic rings. The Morgan fingerprint density at radius 3 is 2.71 bits per heavy atom. The maximum absolute atomic E-state index is 14.2. The third-order valence-electron chi connectivity index (χ3n) is 6.10. The summed E-state index contributed by atoms with van der Waals surface area (Å²) in [5, 5.41) is 5.38. The van der Waals surface area contributed by atoms with Crippen molar-refractivity contribution in [3.05, 3.63) is 82.8 Å². The number of rotatable bonds is 5. The van der Waals surface area contributed by atoms with Crippen molar-refractivity contribution in [1.82, 2.24) is 34.1 Å². The van der Waals surface area contributed by atoms with Crippen LogP contribution in [0, 0.1) is 11.6 Å². The maximum Gasteiger partial charge on any atom is 0.266 e. The van der Waals surface area contributed by atoms with Crippen molar-refractivity contribution in [2.45, 2.75) is 17.3 Å². The second kappa shape index (κ2) is 9.26. The van der Waals surface area contributed by atoms with Crippen molar-refractivity contribution in [3.8, 4) is 21.7 Å². The first-order valence-corrected chi connectivity index (χ1v) is 13.4. The molecule has 1 atom stereocenters. The number of nitrogens with zero attached hydrogens (tertiary/aromatic N) is 7. The van der Waals surface area contributed by atoms with E-state index in [0.717, 1.165) is 19.8 Å². The number of hydrogen-bond donors (Lipinski definition) is 1. The van der Waals surface area contributed by atoms with E-state index < -0.39 is 23.2 Å². The molecule has 13 heteroatoms. The van der Waals surface area contributed by atoms with Gasteiger partial charge >= 0.3 is 0 Å². The van der Waals surface area contributed by atoms with Crippen LogP contribution < -0.4 is 11.3 Å². The molecular weight excluding hydrogens is 530 g/mol. The number of nitrogen functional groups attached to an aromatic ring is 1. The van der Waals surface area contributed by atoms with Crippen LogP contribution in [-0.4, -0.2) is 40.4 Å². The SMILES string of the molecule is CSc1ncc(-c2nn(C(C)c3nc4ccc(F)cn4c(=O)c3-c3cccc(F)c3)c3ncnc(N)c23)s1. The van der Waals surface area contributed by atoms with Crippen LogP contribution in [0.4, 0.5) is 14.6 Å². The van der Waals surface area contributed by atoms with E-state index in [9.17, 15) is 13.6 Å². The van der Waals surface area contributed by atoms with Crippen molar-refractivity contribution in [2.75, 3.05) is 12.0 Å². The van der Waals surface area contributed by atoms with Gasteiger partial charge in [0.25, 0.3) is 5.56 Å². The van der Waals surface area contributed by atoms with Gasteiger partial charge in [0, 0.05) is 12.4 Å². The normalized spacial score (nSPS) is 12.4. The van der Waals surface area contributed by atoms with Gasteiger partial charge in [-0.05, 0) is 43.0 Å².